The maximum atomic E-state index is 12.8. The van der Waals surface area contributed by atoms with Crippen LogP contribution in [0.1, 0.15) is 25.7 Å². The van der Waals surface area contributed by atoms with E-state index >= 15 is 0 Å². The summed E-state index contributed by atoms with van der Waals surface area (Å²) in [5.74, 6) is -1.21. The highest BCUT2D eigenvalue weighted by molar-refractivity contribution is 7.89. The van der Waals surface area contributed by atoms with Crippen molar-refractivity contribution in [3.8, 4) is 11.1 Å². The Kier molecular flexibility index (Phi) is 9.81. The number of aliphatic carboxylic acids is 1. The van der Waals surface area contributed by atoms with Crippen molar-refractivity contribution in [1.29, 1.82) is 0 Å². The number of oxime groups is 1. The van der Waals surface area contributed by atoms with Crippen molar-refractivity contribution in [3.05, 3.63) is 79.0 Å². The molecule has 2 aromatic carbocycles. The van der Waals surface area contributed by atoms with Crippen molar-refractivity contribution in [1.82, 2.24) is 15.0 Å². The van der Waals surface area contributed by atoms with Gasteiger partial charge in [0.25, 0.3) is 5.91 Å². The number of benzene rings is 2. The first-order valence-electron chi connectivity index (χ1n) is 12.9. The molecule has 3 aromatic rings. The van der Waals surface area contributed by atoms with Crippen molar-refractivity contribution in [2.24, 2.45) is 5.16 Å². The number of anilines is 1. The number of pyridine rings is 1. The summed E-state index contributed by atoms with van der Waals surface area (Å²) in [7, 11) is -4.16. The fraction of sp³-hybridized carbons (Fsp3) is 0.286. The SMILES string of the molecule is O=C(NC[C@H](NS(=O)(=O)c1ccc(-c2ccccc2)cc1)C(=O)O)C1=NOC(CCCCNc2ccccn2)C1. The number of carbonyl (C=O) groups is 2. The summed E-state index contributed by atoms with van der Waals surface area (Å²) in [6.45, 7) is 0.292. The molecule has 1 unspecified atom stereocenters. The van der Waals surface area contributed by atoms with Gasteiger partial charge in [-0.05, 0) is 54.7 Å². The lowest BCUT2D eigenvalue weighted by atomic mass is 10.1. The quantitative estimate of drug-likeness (QED) is 0.217. The summed E-state index contributed by atoms with van der Waals surface area (Å²) in [5, 5.41) is 19.1. The molecule has 0 radical (unpaired) electrons. The van der Waals surface area contributed by atoms with Crippen LogP contribution in [0, 0.1) is 0 Å². The van der Waals surface area contributed by atoms with E-state index in [2.05, 4.69) is 25.5 Å². The largest absolute Gasteiger partial charge is 0.480 e. The highest BCUT2D eigenvalue weighted by Crippen LogP contribution is 2.21. The number of nitrogens with zero attached hydrogens (tertiary/aromatic N) is 2. The van der Waals surface area contributed by atoms with Crippen molar-refractivity contribution < 1.29 is 28.0 Å². The molecule has 1 aliphatic rings. The Morgan fingerprint density at radius 1 is 0.975 bits per heavy atom. The number of hydrogen-bond acceptors (Lipinski definition) is 8. The topological polar surface area (TPSA) is 159 Å². The van der Waals surface area contributed by atoms with Crippen molar-refractivity contribution >= 4 is 33.4 Å². The maximum Gasteiger partial charge on any atom is 0.323 e. The lowest BCUT2D eigenvalue weighted by molar-refractivity contribution is -0.138. The summed E-state index contributed by atoms with van der Waals surface area (Å²) in [6.07, 6.45) is 4.19. The molecule has 0 bridgehead atoms. The number of carboxylic acid groups (broad SMARTS) is 1. The minimum atomic E-state index is -4.16. The summed E-state index contributed by atoms with van der Waals surface area (Å²) < 4.78 is 27.8. The second-order valence-electron chi connectivity index (χ2n) is 9.22. The first kappa shape index (κ1) is 28.7. The van der Waals surface area contributed by atoms with Crippen LogP contribution in [0.4, 0.5) is 5.82 Å². The first-order valence-corrected chi connectivity index (χ1v) is 14.4. The summed E-state index contributed by atoms with van der Waals surface area (Å²) >= 11 is 0. The average molecular weight is 566 g/mol. The fourth-order valence-corrected chi connectivity index (χ4v) is 5.28. The molecule has 0 saturated carbocycles. The van der Waals surface area contributed by atoms with E-state index in [0.29, 0.717) is 6.42 Å². The Morgan fingerprint density at radius 3 is 2.40 bits per heavy atom. The van der Waals surface area contributed by atoms with E-state index in [1.807, 2.05) is 48.5 Å². The van der Waals surface area contributed by atoms with E-state index in [1.54, 1.807) is 18.3 Å². The van der Waals surface area contributed by atoms with Crippen LogP contribution in [-0.4, -0.2) is 61.3 Å². The van der Waals surface area contributed by atoms with Gasteiger partial charge in [-0.3, -0.25) is 9.59 Å². The zero-order valence-electron chi connectivity index (χ0n) is 21.7. The van der Waals surface area contributed by atoms with Gasteiger partial charge in [0, 0.05) is 25.7 Å². The van der Waals surface area contributed by atoms with Gasteiger partial charge >= 0.3 is 5.97 Å². The molecule has 40 heavy (non-hydrogen) atoms. The van der Waals surface area contributed by atoms with E-state index in [0.717, 1.165) is 36.3 Å². The third kappa shape index (κ3) is 8.10. The van der Waals surface area contributed by atoms with Gasteiger partial charge in [-0.2, -0.15) is 4.72 Å². The predicted molar refractivity (Wildman–Crippen MR) is 150 cm³/mol. The number of hydrogen-bond donors (Lipinski definition) is 4. The molecule has 2 atom stereocenters. The third-order valence-corrected chi connectivity index (χ3v) is 7.74. The van der Waals surface area contributed by atoms with Crippen molar-refractivity contribution in [2.45, 2.75) is 42.7 Å². The number of carbonyl (C=O) groups excluding carboxylic acids is 1. The standard InChI is InChI=1S/C28H31N5O6S/c34-27(24-18-22(39-32-24)10-4-6-16-29-26-11-5-7-17-30-26)31-19-25(28(35)36)33-40(37,38)23-14-12-21(13-15-23)20-8-2-1-3-9-20/h1-3,5,7-9,11-15,17,22,25,33H,4,6,10,16,18-19H2,(H,29,30)(H,31,34)(H,35,36)/t22?,25-/m0/s1. The summed E-state index contributed by atoms with van der Waals surface area (Å²) in [6, 6.07) is 19.6. The van der Waals surface area contributed by atoms with Crippen LogP contribution < -0.4 is 15.4 Å². The Bertz CT molecular complexity index is 1420. The molecule has 12 heteroatoms. The van der Waals surface area contributed by atoms with E-state index in [4.69, 9.17) is 4.84 Å². The van der Waals surface area contributed by atoms with E-state index in [1.165, 1.54) is 12.1 Å². The molecule has 210 valence electrons. The number of aromatic nitrogens is 1. The maximum absolute atomic E-state index is 12.8. The third-order valence-electron chi connectivity index (χ3n) is 6.25. The van der Waals surface area contributed by atoms with Crippen LogP contribution in [0.2, 0.25) is 0 Å². The van der Waals surface area contributed by atoms with Crippen LogP contribution in [0.15, 0.2) is 89.0 Å². The molecular formula is C28H31N5O6S. The summed E-state index contributed by atoms with van der Waals surface area (Å²) in [5.41, 5.74) is 1.88. The molecule has 0 saturated heterocycles. The summed E-state index contributed by atoms with van der Waals surface area (Å²) in [4.78, 5) is 33.8. The minimum Gasteiger partial charge on any atom is -0.480 e. The van der Waals surface area contributed by atoms with Gasteiger partial charge in [-0.1, -0.05) is 53.7 Å². The zero-order valence-corrected chi connectivity index (χ0v) is 22.5. The van der Waals surface area contributed by atoms with Crippen LogP contribution in [-0.2, 0) is 24.4 Å². The molecule has 4 N–H and O–H groups in total. The molecule has 1 amide bonds. The van der Waals surface area contributed by atoms with Crippen molar-refractivity contribution in [3.63, 3.8) is 0 Å². The van der Waals surface area contributed by atoms with Gasteiger partial charge in [-0.15, -0.1) is 0 Å². The number of amides is 1. The molecule has 0 aliphatic carbocycles. The number of rotatable bonds is 14. The van der Waals surface area contributed by atoms with Gasteiger partial charge in [0.1, 0.15) is 23.7 Å². The molecule has 1 aliphatic heterocycles. The fourth-order valence-electron chi connectivity index (χ4n) is 4.09. The van der Waals surface area contributed by atoms with Gasteiger partial charge < -0.3 is 20.6 Å². The van der Waals surface area contributed by atoms with Crippen molar-refractivity contribution in [2.75, 3.05) is 18.4 Å². The lowest BCUT2D eigenvalue weighted by Crippen LogP contribution is -2.49. The molecule has 2 heterocycles. The molecule has 1 aromatic heterocycles. The Labute approximate surface area is 232 Å². The predicted octanol–water partition coefficient (Wildman–Crippen LogP) is 3.02. The molecule has 0 fully saturated rings. The Morgan fingerprint density at radius 2 is 1.70 bits per heavy atom. The molecule has 11 nitrogen and oxygen atoms in total. The minimum absolute atomic E-state index is 0.0867. The number of nitrogens with one attached hydrogen (secondary N) is 3. The second kappa shape index (κ2) is 13.7. The molecular weight excluding hydrogens is 534 g/mol. The van der Waals surface area contributed by atoms with Gasteiger partial charge in [0.2, 0.25) is 10.0 Å². The average Bonchev–Trinajstić information content (AvgIpc) is 3.45. The number of unbranched alkanes of at least 4 members (excludes halogenated alkanes) is 1. The highest BCUT2D eigenvalue weighted by atomic mass is 32.2. The number of carboxylic acids is 1. The smallest absolute Gasteiger partial charge is 0.323 e. The van der Waals surface area contributed by atoms with Gasteiger partial charge in [0.15, 0.2) is 0 Å². The van der Waals surface area contributed by atoms with E-state index in [-0.39, 0.29) is 23.1 Å². The van der Waals surface area contributed by atoms with Crippen LogP contribution in [0.25, 0.3) is 11.1 Å². The monoisotopic (exact) mass is 565 g/mol. The first-order chi connectivity index (χ1) is 19.3. The van der Waals surface area contributed by atoms with Crippen LogP contribution in [0.5, 0.6) is 0 Å². The highest BCUT2D eigenvalue weighted by Gasteiger charge is 2.29. The Balaban J connectivity index is 1.21. The van der Waals surface area contributed by atoms with Crippen LogP contribution in [0.3, 0.4) is 0 Å². The zero-order chi connectivity index (χ0) is 28.4. The number of sulfonamides is 1. The molecule has 4 rings (SSSR count). The van der Waals surface area contributed by atoms with Gasteiger partial charge in [-0.25, -0.2) is 13.4 Å². The lowest BCUT2D eigenvalue weighted by Gasteiger charge is -2.16. The van der Waals surface area contributed by atoms with Crippen LogP contribution >= 0.6 is 0 Å². The van der Waals surface area contributed by atoms with E-state index < -0.39 is 34.5 Å². The normalized spacial score (nSPS) is 15.5. The van der Waals surface area contributed by atoms with E-state index in [9.17, 15) is 23.1 Å². The Hall–Kier alpha value is -4.29. The van der Waals surface area contributed by atoms with Gasteiger partial charge in [0.05, 0.1) is 4.90 Å². The molecule has 0 spiro atoms. The second-order valence-corrected chi connectivity index (χ2v) is 10.9.